The van der Waals surface area contributed by atoms with Crippen molar-refractivity contribution in [2.45, 2.75) is 38.4 Å². The first-order valence-corrected chi connectivity index (χ1v) is 14.1. The second kappa shape index (κ2) is 8.78. The van der Waals surface area contributed by atoms with E-state index in [9.17, 15) is 13.2 Å². The van der Waals surface area contributed by atoms with Gasteiger partial charge in [-0.1, -0.05) is 0 Å². The molecule has 1 aromatic carbocycles. The van der Waals surface area contributed by atoms with E-state index in [1.807, 2.05) is 32.3 Å². The Morgan fingerprint density at radius 2 is 1.89 bits per heavy atom. The minimum absolute atomic E-state index is 0.00182. The van der Waals surface area contributed by atoms with Crippen LogP contribution < -0.4 is 20.3 Å². The van der Waals surface area contributed by atoms with E-state index in [2.05, 4.69) is 35.3 Å². The molecule has 0 aliphatic carbocycles. The van der Waals surface area contributed by atoms with Crippen molar-refractivity contribution in [3.8, 4) is 0 Å². The van der Waals surface area contributed by atoms with Gasteiger partial charge in [-0.15, -0.1) is 0 Å². The molecule has 2 unspecified atom stereocenters. The maximum Gasteiger partial charge on any atom is 0.259 e. The lowest BCUT2D eigenvalue weighted by Crippen LogP contribution is -2.51. The van der Waals surface area contributed by atoms with Gasteiger partial charge in [0.25, 0.3) is 5.91 Å². The first kappa shape index (κ1) is 23.8. The van der Waals surface area contributed by atoms with E-state index in [1.165, 1.54) is 12.8 Å². The van der Waals surface area contributed by atoms with Crippen molar-refractivity contribution >= 4 is 44.0 Å². The van der Waals surface area contributed by atoms with Crippen molar-refractivity contribution < 1.29 is 13.2 Å². The van der Waals surface area contributed by atoms with Gasteiger partial charge in [0.2, 0.25) is 10.0 Å². The van der Waals surface area contributed by atoms with Crippen molar-refractivity contribution in [2.75, 3.05) is 29.6 Å². The molecule has 37 heavy (non-hydrogen) atoms. The molecule has 1 amide bonds. The van der Waals surface area contributed by atoms with Crippen LogP contribution in [0, 0.1) is 6.92 Å². The minimum atomic E-state index is -3.40. The molecule has 6 rings (SSSR count). The summed E-state index contributed by atoms with van der Waals surface area (Å²) in [5.74, 6) is 0.0179. The molecule has 3 aromatic heterocycles. The van der Waals surface area contributed by atoms with E-state index in [-0.39, 0.29) is 12.5 Å². The summed E-state index contributed by atoms with van der Waals surface area (Å²) in [5.41, 5.74) is 3.82. The van der Waals surface area contributed by atoms with Crippen molar-refractivity contribution in [1.29, 1.82) is 0 Å². The standard InChI is InChI=1S/C24H29N9O3S/c1-14-9-33-13-21(28-23(33)19(26-14)8-25-37(3,35)36)29-24(34)17-6-7-20(18-12-31(2)30-22(17)18)32-10-15-4-5-16(11-32)27-15/h6-7,9,12-13,15-16,25,27H,4-5,8,10-11H2,1-3H3,(H,29,34). The number of amides is 1. The summed E-state index contributed by atoms with van der Waals surface area (Å²) in [5, 5.41) is 12.1. The van der Waals surface area contributed by atoms with Crippen LogP contribution in [0.5, 0.6) is 0 Å². The third-order valence-corrected chi connectivity index (χ3v) is 7.61. The fourth-order valence-electron chi connectivity index (χ4n) is 5.42. The molecule has 13 heteroatoms. The number of rotatable bonds is 6. The predicted molar refractivity (Wildman–Crippen MR) is 140 cm³/mol. The van der Waals surface area contributed by atoms with Crippen LogP contribution in [0.25, 0.3) is 16.6 Å². The van der Waals surface area contributed by atoms with Gasteiger partial charge in [0.05, 0.1) is 35.9 Å². The molecule has 3 N–H and O–H groups in total. The van der Waals surface area contributed by atoms with Gasteiger partial charge in [0.1, 0.15) is 5.52 Å². The highest BCUT2D eigenvalue weighted by atomic mass is 32.2. The molecule has 0 spiro atoms. The van der Waals surface area contributed by atoms with Crippen LogP contribution in [0.2, 0.25) is 0 Å². The van der Waals surface area contributed by atoms with Crippen LogP contribution >= 0.6 is 0 Å². The lowest BCUT2D eigenvalue weighted by Gasteiger charge is -2.35. The Labute approximate surface area is 214 Å². The highest BCUT2D eigenvalue weighted by Gasteiger charge is 2.33. The number of nitrogens with zero attached hydrogens (tertiary/aromatic N) is 6. The molecule has 4 aromatic rings. The molecule has 2 bridgehead atoms. The first-order valence-electron chi connectivity index (χ1n) is 12.2. The van der Waals surface area contributed by atoms with E-state index in [0.29, 0.717) is 46.0 Å². The lowest BCUT2D eigenvalue weighted by molar-refractivity contribution is 0.102. The summed E-state index contributed by atoms with van der Waals surface area (Å²) >= 11 is 0. The molecule has 12 nitrogen and oxygen atoms in total. The Morgan fingerprint density at radius 1 is 1.14 bits per heavy atom. The summed E-state index contributed by atoms with van der Waals surface area (Å²) in [7, 11) is -1.54. The van der Waals surface area contributed by atoms with Gasteiger partial charge < -0.3 is 19.9 Å². The number of aromatic nitrogens is 5. The topological polar surface area (TPSA) is 139 Å². The van der Waals surface area contributed by atoms with Crippen LogP contribution in [-0.2, 0) is 23.6 Å². The average molecular weight is 524 g/mol. The van der Waals surface area contributed by atoms with Crippen molar-refractivity contribution in [2.24, 2.45) is 7.05 Å². The highest BCUT2D eigenvalue weighted by Crippen LogP contribution is 2.33. The van der Waals surface area contributed by atoms with E-state index in [0.717, 1.165) is 30.4 Å². The van der Waals surface area contributed by atoms with E-state index in [4.69, 9.17) is 0 Å². The molecular formula is C24H29N9O3S. The maximum absolute atomic E-state index is 13.4. The number of carbonyl (C=O) groups excluding carboxylic acids is 1. The second-order valence-electron chi connectivity index (χ2n) is 9.97. The van der Waals surface area contributed by atoms with Gasteiger partial charge >= 0.3 is 0 Å². The molecule has 5 heterocycles. The second-order valence-corrected chi connectivity index (χ2v) is 11.8. The van der Waals surface area contributed by atoms with Crippen molar-refractivity contribution in [3.05, 3.63) is 47.7 Å². The minimum Gasteiger partial charge on any atom is -0.368 e. The van der Waals surface area contributed by atoms with E-state index < -0.39 is 10.0 Å². The number of carbonyl (C=O) groups is 1. The zero-order valence-corrected chi connectivity index (χ0v) is 21.7. The van der Waals surface area contributed by atoms with Gasteiger partial charge in [0, 0.05) is 55.7 Å². The van der Waals surface area contributed by atoms with Gasteiger partial charge in [-0.3, -0.25) is 14.5 Å². The molecule has 2 aliphatic heterocycles. The zero-order valence-electron chi connectivity index (χ0n) is 20.9. The normalized spacial score (nSPS) is 19.7. The van der Waals surface area contributed by atoms with Crippen LogP contribution in [0.3, 0.4) is 0 Å². The van der Waals surface area contributed by atoms with E-state index in [1.54, 1.807) is 21.5 Å². The van der Waals surface area contributed by atoms with Gasteiger partial charge in [-0.25, -0.2) is 18.1 Å². The fraction of sp³-hybridized carbons (Fsp3) is 0.417. The monoisotopic (exact) mass is 523 g/mol. The molecule has 194 valence electrons. The molecule has 2 fully saturated rings. The molecule has 2 atom stereocenters. The number of piperazine rings is 1. The van der Waals surface area contributed by atoms with Gasteiger partial charge in [-0.2, -0.15) is 5.10 Å². The Kier molecular flexibility index (Phi) is 5.66. The number of benzene rings is 1. The molecular weight excluding hydrogens is 494 g/mol. The predicted octanol–water partition coefficient (Wildman–Crippen LogP) is 1.17. The van der Waals surface area contributed by atoms with Crippen LogP contribution in [0.1, 0.15) is 34.6 Å². The Balaban J connectivity index is 1.30. The van der Waals surface area contributed by atoms with Crippen LogP contribution in [0.4, 0.5) is 11.5 Å². The summed E-state index contributed by atoms with van der Waals surface area (Å²) in [6.07, 6.45) is 8.90. The van der Waals surface area contributed by atoms with Gasteiger partial charge in [-0.05, 0) is 31.9 Å². The summed E-state index contributed by atoms with van der Waals surface area (Å²) in [6, 6.07) is 4.83. The number of aryl methyl sites for hydroxylation is 2. The maximum atomic E-state index is 13.4. The van der Waals surface area contributed by atoms with Gasteiger partial charge in [0.15, 0.2) is 11.5 Å². The summed E-state index contributed by atoms with van der Waals surface area (Å²) < 4.78 is 29.0. The third-order valence-electron chi connectivity index (χ3n) is 6.94. The molecule has 0 radical (unpaired) electrons. The average Bonchev–Trinajstić information content (AvgIpc) is 3.51. The lowest BCUT2D eigenvalue weighted by atomic mass is 10.1. The number of sulfonamides is 1. The number of nitrogens with one attached hydrogen (secondary N) is 3. The first-order chi connectivity index (χ1) is 17.6. The quantitative estimate of drug-likeness (QED) is 0.342. The number of hydrogen-bond donors (Lipinski definition) is 3. The number of anilines is 2. The summed E-state index contributed by atoms with van der Waals surface area (Å²) in [6.45, 7) is 3.69. The van der Waals surface area contributed by atoms with Crippen LogP contribution in [0.15, 0.2) is 30.7 Å². The van der Waals surface area contributed by atoms with Crippen molar-refractivity contribution in [1.82, 2.24) is 34.2 Å². The number of imidazole rings is 1. The molecule has 2 saturated heterocycles. The Morgan fingerprint density at radius 3 is 2.62 bits per heavy atom. The Hall–Kier alpha value is -3.55. The van der Waals surface area contributed by atoms with Crippen LogP contribution in [-0.4, -0.2) is 69.9 Å². The highest BCUT2D eigenvalue weighted by molar-refractivity contribution is 7.88. The largest absolute Gasteiger partial charge is 0.368 e. The molecule has 0 saturated carbocycles. The number of hydrogen-bond acceptors (Lipinski definition) is 8. The molecule has 2 aliphatic rings. The Bertz CT molecular complexity index is 1630. The number of fused-ring (bicyclic) bond motifs is 4. The summed E-state index contributed by atoms with van der Waals surface area (Å²) in [4.78, 5) is 24.7. The third kappa shape index (κ3) is 4.65. The van der Waals surface area contributed by atoms with E-state index >= 15 is 0 Å². The SMILES string of the molecule is Cc1cn2cc(NC(=O)c3ccc(N4CC5CCC(C4)N5)c4cn(C)nc34)nc2c(CNS(C)(=O)=O)n1. The van der Waals surface area contributed by atoms with Crippen molar-refractivity contribution in [3.63, 3.8) is 0 Å². The fourth-order valence-corrected chi connectivity index (χ4v) is 5.82. The smallest absolute Gasteiger partial charge is 0.259 e. The zero-order chi connectivity index (χ0) is 25.9.